The zero-order chi connectivity index (χ0) is 12.1. The third kappa shape index (κ3) is 4.11. The Morgan fingerprint density at radius 3 is 2.83 bits per heavy atom. The summed E-state index contributed by atoms with van der Waals surface area (Å²) < 4.78 is 5.20. The summed E-state index contributed by atoms with van der Waals surface area (Å²) in [5.41, 5.74) is 0. The number of likely N-dealkylation sites (tertiary alicyclic amines) is 1. The molecule has 18 heavy (non-hydrogen) atoms. The minimum absolute atomic E-state index is 0. The molecule has 2 fully saturated rings. The van der Waals surface area contributed by atoms with Gasteiger partial charge in [-0.3, -0.25) is 4.79 Å². The molecule has 0 aliphatic carbocycles. The summed E-state index contributed by atoms with van der Waals surface area (Å²) in [6, 6.07) is 0.0741. The van der Waals surface area contributed by atoms with Crippen molar-refractivity contribution in [3.8, 4) is 0 Å². The summed E-state index contributed by atoms with van der Waals surface area (Å²) in [5, 5.41) is 3.34. The number of carbonyl (C=O) groups excluding carboxylic acids is 1. The van der Waals surface area contributed by atoms with Gasteiger partial charge < -0.3 is 15.0 Å². The summed E-state index contributed by atoms with van der Waals surface area (Å²) in [6.07, 6.45) is 5.70. The van der Waals surface area contributed by atoms with Gasteiger partial charge in [-0.05, 0) is 38.1 Å². The van der Waals surface area contributed by atoms with Crippen molar-refractivity contribution < 1.29 is 9.53 Å². The molecule has 2 atom stereocenters. The number of ether oxygens (including phenoxy) is 1. The van der Waals surface area contributed by atoms with Crippen molar-refractivity contribution >= 4 is 18.3 Å². The van der Waals surface area contributed by atoms with Crippen LogP contribution in [0.2, 0.25) is 0 Å². The van der Waals surface area contributed by atoms with E-state index >= 15 is 0 Å². The van der Waals surface area contributed by atoms with Gasteiger partial charge in [-0.2, -0.15) is 0 Å². The molecule has 0 radical (unpaired) electrons. The van der Waals surface area contributed by atoms with Crippen molar-refractivity contribution in [1.29, 1.82) is 0 Å². The zero-order valence-electron chi connectivity index (χ0n) is 11.2. The van der Waals surface area contributed by atoms with Crippen LogP contribution >= 0.6 is 12.4 Å². The summed E-state index contributed by atoms with van der Waals surface area (Å²) in [6.45, 7) is 3.58. The van der Waals surface area contributed by atoms with Crippen LogP contribution in [0.5, 0.6) is 0 Å². The van der Waals surface area contributed by atoms with Crippen molar-refractivity contribution in [1.82, 2.24) is 10.2 Å². The smallest absolute Gasteiger partial charge is 0.239 e. The van der Waals surface area contributed by atoms with Gasteiger partial charge in [0.1, 0.15) is 0 Å². The molecule has 1 amide bonds. The highest BCUT2D eigenvalue weighted by Crippen LogP contribution is 2.19. The van der Waals surface area contributed by atoms with Crippen molar-refractivity contribution in [2.75, 3.05) is 33.4 Å². The fraction of sp³-hybridized carbons (Fsp3) is 0.923. The van der Waals surface area contributed by atoms with Crippen LogP contribution in [0.3, 0.4) is 0 Å². The van der Waals surface area contributed by atoms with Crippen LogP contribution in [0.25, 0.3) is 0 Å². The summed E-state index contributed by atoms with van der Waals surface area (Å²) in [7, 11) is 1.74. The summed E-state index contributed by atoms with van der Waals surface area (Å²) in [4.78, 5) is 14.4. The van der Waals surface area contributed by atoms with Gasteiger partial charge in [-0.25, -0.2) is 0 Å². The Morgan fingerprint density at radius 2 is 2.17 bits per heavy atom. The summed E-state index contributed by atoms with van der Waals surface area (Å²) in [5.74, 6) is 0.840. The van der Waals surface area contributed by atoms with Crippen molar-refractivity contribution in [3.63, 3.8) is 0 Å². The molecule has 2 saturated heterocycles. The van der Waals surface area contributed by atoms with Crippen LogP contribution in [0.15, 0.2) is 0 Å². The Hall–Kier alpha value is -0.320. The number of amides is 1. The maximum atomic E-state index is 12.3. The van der Waals surface area contributed by atoms with E-state index in [4.69, 9.17) is 4.74 Å². The number of methoxy groups -OCH3 is 1. The molecule has 0 aromatic heterocycles. The monoisotopic (exact) mass is 276 g/mol. The maximum absolute atomic E-state index is 12.3. The molecule has 2 rings (SSSR count). The van der Waals surface area contributed by atoms with E-state index in [0.717, 1.165) is 39.1 Å². The van der Waals surface area contributed by atoms with Crippen LogP contribution in [-0.4, -0.2) is 50.2 Å². The first-order chi connectivity index (χ1) is 8.31. The zero-order valence-corrected chi connectivity index (χ0v) is 12.0. The van der Waals surface area contributed by atoms with Gasteiger partial charge in [0.25, 0.3) is 0 Å². The molecule has 1 unspecified atom stereocenters. The lowest BCUT2D eigenvalue weighted by atomic mass is 9.97. The van der Waals surface area contributed by atoms with Crippen LogP contribution in [-0.2, 0) is 9.53 Å². The minimum Gasteiger partial charge on any atom is -0.384 e. The van der Waals surface area contributed by atoms with Gasteiger partial charge in [-0.1, -0.05) is 6.42 Å². The first-order valence-electron chi connectivity index (χ1n) is 6.82. The Balaban J connectivity index is 0.00000162. The normalized spacial score (nSPS) is 28.6. The van der Waals surface area contributed by atoms with E-state index in [9.17, 15) is 4.79 Å². The Morgan fingerprint density at radius 1 is 1.33 bits per heavy atom. The fourth-order valence-corrected chi connectivity index (χ4v) is 2.92. The van der Waals surface area contributed by atoms with Crippen molar-refractivity contribution in [3.05, 3.63) is 0 Å². The molecule has 0 spiro atoms. The van der Waals surface area contributed by atoms with Gasteiger partial charge in [0, 0.05) is 20.2 Å². The van der Waals surface area contributed by atoms with E-state index in [0.29, 0.717) is 11.8 Å². The van der Waals surface area contributed by atoms with Gasteiger partial charge in [0.15, 0.2) is 0 Å². The second-order valence-corrected chi connectivity index (χ2v) is 5.25. The quantitative estimate of drug-likeness (QED) is 0.848. The number of piperidine rings is 2. The number of nitrogens with zero attached hydrogens (tertiary/aromatic N) is 1. The topological polar surface area (TPSA) is 41.6 Å². The molecule has 0 bridgehead atoms. The largest absolute Gasteiger partial charge is 0.384 e. The number of carbonyl (C=O) groups is 1. The first kappa shape index (κ1) is 15.7. The van der Waals surface area contributed by atoms with Gasteiger partial charge >= 0.3 is 0 Å². The Kier molecular flexibility index (Phi) is 6.97. The van der Waals surface area contributed by atoms with E-state index in [1.54, 1.807) is 7.11 Å². The third-order valence-electron chi connectivity index (χ3n) is 3.84. The molecule has 0 saturated carbocycles. The molecule has 1 N–H and O–H groups in total. The highest BCUT2D eigenvalue weighted by Gasteiger charge is 2.29. The molecule has 5 heteroatoms. The van der Waals surface area contributed by atoms with E-state index in [-0.39, 0.29) is 18.4 Å². The molecule has 2 aliphatic rings. The third-order valence-corrected chi connectivity index (χ3v) is 3.84. The predicted octanol–water partition coefficient (Wildman–Crippen LogP) is 1.44. The lowest BCUT2D eigenvalue weighted by molar-refractivity contribution is -0.136. The second kappa shape index (κ2) is 7.97. The Bertz CT molecular complexity index is 255. The number of nitrogens with one attached hydrogen (secondary N) is 1. The minimum atomic E-state index is 0. The number of hydrogen-bond donors (Lipinski definition) is 1. The lowest BCUT2D eigenvalue weighted by Gasteiger charge is -2.35. The van der Waals surface area contributed by atoms with Crippen LogP contribution in [0, 0.1) is 5.92 Å². The highest BCUT2D eigenvalue weighted by molar-refractivity contribution is 5.85. The number of rotatable bonds is 3. The van der Waals surface area contributed by atoms with Crippen LogP contribution in [0.1, 0.15) is 32.1 Å². The molecule has 4 nitrogen and oxygen atoms in total. The molecule has 106 valence electrons. The van der Waals surface area contributed by atoms with Gasteiger partial charge in [-0.15, -0.1) is 12.4 Å². The highest BCUT2D eigenvalue weighted by atomic mass is 35.5. The SMILES string of the molecule is COCC1CCCN(C(=O)[C@H]2CCCCN2)C1.Cl. The van der Waals surface area contributed by atoms with Crippen LogP contribution < -0.4 is 5.32 Å². The molecule has 0 aromatic carbocycles. The van der Waals surface area contributed by atoms with E-state index < -0.39 is 0 Å². The van der Waals surface area contributed by atoms with Crippen LogP contribution in [0.4, 0.5) is 0 Å². The van der Waals surface area contributed by atoms with Gasteiger partial charge in [0.05, 0.1) is 12.6 Å². The van der Waals surface area contributed by atoms with Crippen molar-refractivity contribution in [2.45, 2.75) is 38.1 Å². The molecule has 0 aromatic rings. The lowest BCUT2D eigenvalue weighted by Crippen LogP contribution is -2.51. The average Bonchev–Trinajstić information content (AvgIpc) is 2.40. The van der Waals surface area contributed by atoms with Gasteiger partial charge in [0.2, 0.25) is 5.91 Å². The van der Waals surface area contributed by atoms with E-state index in [1.807, 2.05) is 4.90 Å². The second-order valence-electron chi connectivity index (χ2n) is 5.25. The van der Waals surface area contributed by atoms with E-state index in [1.165, 1.54) is 19.3 Å². The Labute approximate surface area is 116 Å². The fourth-order valence-electron chi connectivity index (χ4n) is 2.92. The maximum Gasteiger partial charge on any atom is 0.239 e. The number of halogens is 1. The first-order valence-corrected chi connectivity index (χ1v) is 6.82. The van der Waals surface area contributed by atoms with E-state index in [2.05, 4.69) is 5.32 Å². The predicted molar refractivity (Wildman–Crippen MR) is 74.1 cm³/mol. The number of hydrogen-bond acceptors (Lipinski definition) is 3. The standard InChI is InChI=1S/C13H24N2O2.ClH/c1-17-10-11-5-4-8-15(9-11)13(16)12-6-2-3-7-14-12;/h11-12,14H,2-10H2,1H3;1H/t11?,12-;/m1./s1. The average molecular weight is 277 g/mol. The molecule has 2 heterocycles. The van der Waals surface area contributed by atoms with Crippen molar-refractivity contribution in [2.24, 2.45) is 5.92 Å². The molecular weight excluding hydrogens is 252 g/mol. The molecular formula is C13H25ClN2O2. The molecule has 2 aliphatic heterocycles. The summed E-state index contributed by atoms with van der Waals surface area (Å²) >= 11 is 0.